The molecule has 33 heavy (non-hydrogen) atoms. The lowest BCUT2D eigenvalue weighted by molar-refractivity contribution is -0.274. The molecule has 0 bridgehead atoms. The molecule has 1 fully saturated rings. The van der Waals surface area contributed by atoms with Crippen LogP contribution >= 0.6 is 12.4 Å². The highest BCUT2D eigenvalue weighted by Crippen LogP contribution is 2.32. The first-order valence-corrected chi connectivity index (χ1v) is 10.4. The average molecular weight is 481 g/mol. The Kier molecular flexibility index (Phi) is 7.31. The number of nitrogens with one attached hydrogen (secondary N) is 1. The van der Waals surface area contributed by atoms with Crippen LogP contribution in [-0.2, 0) is 0 Å². The summed E-state index contributed by atoms with van der Waals surface area (Å²) in [6, 6.07) is 9.03. The number of rotatable bonds is 4. The number of amides is 1. The number of halogens is 4. The number of anilines is 2. The van der Waals surface area contributed by atoms with Gasteiger partial charge in [0.1, 0.15) is 5.75 Å². The first-order chi connectivity index (χ1) is 15.2. The Bertz CT molecular complexity index is 1130. The van der Waals surface area contributed by atoms with Crippen LogP contribution in [0.4, 0.5) is 24.5 Å². The first-order valence-electron chi connectivity index (χ1n) is 10.4. The van der Waals surface area contributed by atoms with Gasteiger partial charge in [0.25, 0.3) is 5.91 Å². The van der Waals surface area contributed by atoms with Crippen LogP contribution in [0.15, 0.2) is 42.6 Å². The SMILES string of the molecule is Cc1ccc2c(Nc3ccc(OC(F)(F)F)cc3)c(C(=O)N3CCC(C)CC3)cnc2n1.Cl. The molecule has 6 nitrogen and oxygen atoms in total. The van der Waals surface area contributed by atoms with Crippen molar-refractivity contribution in [2.24, 2.45) is 5.92 Å². The number of carbonyl (C=O) groups is 1. The van der Waals surface area contributed by atoms with E-state index in [0.29, 0.717) is 47.0 Å². The smallest absolute Gasteiger partial charge is 0.406 e. The number of likely N-dealkylation sites (tertiary alicyclic amines) is 1. The van der Waals surface area contributed by atoms with Gasteiger partial charge in [-0.15, -0.1) is 25.6 Å². The molecule has 1 saturated heterocycles. The Hall–Kier alpha value is -3.07. The Morgan fingerprint density at radius 1 is 1.12 bits per heavy atom. The monoisotopic (exact) mass is 480 g/mol. The second kappa shape index (κ2) is 9.82. The number of benzene rings is 1. The van der Waals surface area contributed by atoms with Gasteiger partial charge in [0.2, 0.25) is 0 Å². The highest BCUT2D eigenvalue weighted by atomic mass is 35.5. The van der Waals surface area contributed by atoms with E-state index in [-0.39, 0.29) is 24.1 Å². The Morgan fingerprint density at radius 3 is 2.42 bits per heavy atom. The molecule has 1 amide bonds. The van der Waals surface area contributed by atoms with Crippen LogP contribution in [0.5, 0.6) is 5.75 Å². The molecule has 10 heteroatoms. The van der Waals surface area contributed by atoms with E-state index in [2.05, 4.69) is 26.9 Å². The van der Waals surface area contributed by atoms with Gasteiger partial charge in [0.15, 0.2) is 5.65 Å². The van der Waals surface area contributed by atoms with E-state index in [0.717, 1.165) is 18.5 Å². The summed E-state index contributed by atoms with van der Waals surface area (Å²) in [5.41, 5.74) is 2.69. The zero-order valence-electron chi connectivity index (χ0n) is 18.1. The van der Waals surface area contributed by atoms with Crippen LogP contribution in [0.2, 0.25) is 0 Å². The van der Waals surface area contributed by atoms with Gasteiger partial charge in [-0.05, 0) is 62.1 Å². The highest BCUT2D eigenvalue weighted by Gasteiger charge is 2.31. The van der Waals surface area contributed by atoms with E-state index < -0.39 is 6.36 Å². The van der Waals surface area contributed by atoms with Gasteiger partial charge in [-0.1, -0.05) is 6.92 Å². The van der Waals surface area contributed by atoms with Crippen molar-refractivity contribution in [1.29, 1.82) is 0 Å². The van der Waals surface area contributed by atoms with Gasteiger partial charge < -0.3 is 15.0 Å². The van der Waals surface area contributed by atoms with Gasteiger partial charge in [0, 0.05) is 36.1 Å². The number of alkyl halides is 3. The summed E-state index contributed by atoms with van der Waals surface area (Å²) < 4.78 is 41.3. The van der Waals surface area contributed by atoms with Crippen LogP contribution in [0.3, 0.4) is 0 Å². The molecule has 176 valence electrons. The predicted molar refractivity (Wildman–Crippen MR) is 122 cm³/mol. The Balaban J connectivity index is 0.00000306. The third-order valence-corrected chi connectivity index (χ3v) is 5.53. The van der Waals surface area contributed by atoms with Crippen LogP contribution in [-0.4, -0.2) is 40.2 Å². The van der Waals surface area contributed by atoms with Crippen molar-refractivity contribution in [1.82, 2.24) is 14.9 Å². The van der Waals surface area contributed by atoms with Crippen LogP contribution in [0.1, 0.15) is 35.8 Å². The summed E-state index contributed by atoms with van der Waals surface area (Å²) in [5.74, 6) is 0.126. The van der Waals surface area contributed by atoms with Crippen molar-refractivity contribution in [3.63, 3.8) is 0 Å². The number of ether oxygens (including phenoxy) is 1. The summed E-state index contributed by atoms with van der Waals surface area (Å²) in [6.07, 6.45) is -1.36. The molecule has 2 aromatic heterocycles. The van der Waals surface area contributed by atoms with Crippen LogP contribution in [0, 0.1) is 12.8 Å². The van der Waals surface area contributed by atoms with Crippen molar-refractivity contribution < 1.29 is 22.7 Å². The molecule has 0 radical (unpaired) electrons. The molecule has 0 atom stereocenters. The number of carbonyl (C=O) groups excluding carboxylic acids is 1. The maximum atomic E-state index is 13.3. The predicted octanol–water partition coefficient (Wildman–Crippen LogP) is 5.87. The number of piperidine rings is 1. The van der Waals surface area contributed by atoms with Crippen molar-refractivity contribution in [3.8, 4) is 5.75 Å². The quantitative estimate of drug-likeness (QED) is 0.505. The molecule has 0 unspecified atom stereocenters. The summed E-state index contributed by atoms with van der Waals surface area (Å²) in [7, 11) is 0. The van der Waals surface area contributed by atoms with Crippen molar-refractivity contribution >= 4 is 40.7 Å². The first kappa shape index (κ1) is 24.6. The molecule has 1 N–H and O–H groups in total. The number of hydrogen-bond acceptors (Lipinski definition) is 5. The van der Waals surface area contributed by atoms with E-state index in [9.17, 15) is 18.0 Å². The molecule has 0 saturated carbocycles. The van der Waals surface area contributed by atoms with E-state index in [1.165, 1.54) is 30.5 Å². The standard InChI is InChI=1S/C23H23F3N4O2.ClH/c1-14-9-11-30(12-10-14)22(31)19-13-27-21-18(8-3-15(2)28-21)20(19)29-16-4-6-17(7-5-16)32-23(24,25)26;/h3-8,13-14H,9-12H2,1-2H3,(H,27,28,29);1H. The fourth-order valence-electron chi connectivity index (χ4n) is 3.74. The van der Waals surface area contributed by atoms with Gasteiger partial charge in [-0.2, -0.15) is 0 Å². The normalized spacial score (nSPS) is 14.6. The maximum Gasteiger partial charge on any atom is 0.573 e. The maximum absolute atomic E-state index is 13.3. The lowest BCUT2D eigenvalue weighted by Gasteiger charge is -2.31. The van der Waals surface area contributed by atoms with Gasteiger partial charge in [0.05, 0.1) is 11.3 Å². The fourth-order valence-corrected chi connectivity index (χ4v) is 3.74. The molecule has 1 aromatic carbocycles. The van der Waals surface area contributed by atoms with E-state index in [1.54, 1.807) is 0 Å². The minimum atomic E-state index is -4.76. The molecule has 4 rings (SSSR count). The van der Waals surface area contributed by atoms with Crippen LogP contribution in [0.25, 0.3) is 11.0 Å². The summed E-state index contributed by atoms with van der Waals surface area (Å²) in [5, 5.41) is 3.84. The number of aryl methyl sites for hydroxylation is 1. The van der Waals surface area contributed by atoms with Crippen molar-refractivity contribution in [2.75, 3.05) is 18.4 Å². The minimum Gasteiger partial charge on any atom is -0.406 e. The Morgan fingerprint density at radius 2 is 1.79 bits per heavy atom. The third-order valence-electron chi connectivity index (χ3n) is 5.53. The van der Waals surface area contributed by atoms with Crippen LogP contribution < -0.4 is 10.1 Å². The number of pyridine rings is 2. The number of hydrogen-bond donors (Lipinski definition) is 1. The summed E-state index contributed by atoms with van der Waals surface area (Å²) in [4.78, 5) is 24.0. The van der Waals surface area contributed by atoms with E-state index in [4.69, 9.17) is 0 Å². The molecule has 1 aliphatic rings. The summed E-state index contributed by atoms with van der Waals surface area (Å²) in [6.45, 7) is 5.37. The fraction of sp³-hybridized carbons (Fsp3) is 0.348. The second-order valence-electron chi connectivity index (χ2n) is 8.04. The molecule has 1 aliphatic heterocycles. The van der Waals surface area contributed by atoms with Gasteiger partial charge >= 0.3 is 6.36 Å². The lowest BCUT2D eigenvalue weighted by atomic mass is 9.98. The topological polar surface area (TPSA) is 67.3 Å². The molecule has 0 spiro atoms. The van der Waals surface area contributed by atoms with Crippen molar-refractivity contribution in [2.45, 2.75) is 33.1 Å². The molecule has 3 heterocycles. The third kappa shape index (κ3) is 5.84. The number of nitrogens with zero attached hydrogens (tertiary/aromatic N) is 3. The van der Waals surface area contributed by atoms with Crippen molar-refractivity contribution in [3.05, 3.63) is 53.9 Å². The van der Waals surface area contributed by atoms with Gasteiger partial charge in [-0.3, -0.25) is 4.79 Å². The summed E-state index contributed by atoms with van der Waals surface area (Å²) >= 11 is 0. The Labute approximate surface area is 195 Å². The van der Waals surface area contributed by atoms with Gasteiger partial charge in [-0.25, -0.2) is 9.97 Å². The lowest BCUT2D eigenvalue weighted by Crippen LogP contribution is -2.38. The average Bonchev–Trinajstić information content (AvgIpc) is 2.74. The molecule has 3 aromatic rings. The molecule has 0 aliphatic carbocycles. The second-order valence-corrected chi connectivity index (χ2v) is 8.04. The largest absolute Gasteiger partial charge is 0.573 e. The minimum absolute atomic E-state index is 0. The molecular weight excluding hydrogens is 457 g/mol. The zero-order valence-corrected chi connectivity index (χ0v) is 19.0. The van der Waals surface area contributed by atoms with E-state index >= 15 is 0 Å². The zero-order chi connectivity index (χ0) is 22.9. The number of fused-ring (bicyclic) bond motifs is 1. The molecular formula is C23H24ClF3N4O2. The highest BCUT2D eigenvalue weighted by molar-refractivity contribution is 6.07. The number of aromatic nitrogens is 2. The van der Waals surface area contributed by atoms with E-state index in [1.807, 2.05) is 24.0 Å².